The van der Waals surface area contributed by atoms with Crippen molar-refractivity contribution in [1.82, 2.24) is 20.1 Å². The smallest absolute Gasteiger partial charge is 0.315 e. The summed E-state index contributed by atoms with van der Waals surface area (Å²) in [5.74, 6) is -2.04. The summed E-state index contributed by atoms with van der Waals surface area (Å²) in [6.07, 6.45) is 2.05. The summed E-state index contributed by atoms with van der Waals surface area (Å²) in [6.45, 7) is 1.68. The van der Waals surface area contributed by atoms with Gasteiger partial charge in [-0.05, 0) is 6.92 Å². The summed E-state index contributed by atoms with van der Waals surface area (Å²) < 4.78 is 1.57. The topological polar surface area (TPSA) is 97.1 Å². The fraction of sp³-hybridized carbons (Fsp3) is 0.556. The van der Waals surface area contributed by atoms with Crippen molar-refractivity contribution in [3.8, 4) is 0 Å². The number of aromatic nitrogens is 3. The molecular formula is C9H14N4O3. The molecular weight excluding hydrogens is 212 g/mol. The van der Waals surface area contributed by atoms with E-state index in [2.05, 4.69) is 15.4 Å². The molecule has 1 amide bonds. The third-order valence-electron chi connectivity index (χ3n) is 2.06. The Morgan fingerprint density at radius 1 is 1.62 bits per heavy atom. The van der Waals surface area contributed by atoms with Crippen LogP contribution in [0.15, 0.2) is 6.33 Å². The Kier molecular flexibility index (Phi) is 3.98. The summed E-state index contributed by atoms with van der Waals surface area (Å²) in [6, 6.07) is 0. The number of rotatable bonds is 5. The maximum Gasteiger partial charge on any atom is 0.315 e. The first-order chi connectivity index (χ1) is 7.50. The zero-order chi connectivity index (χ0) is 12.1. The fourth-order valence-electron chi connectivity index (χ4n) is 1.06. The Hall–Kier alpha value is -1.92. The summed E-state index contributed by atoms with van der Waals surface area (Å²) in [5.41, 5.74) is 0. The molecule has 0 aromatic carbocycles. The van der Waals surface area contributed by atoms with Gasteiger partial charge in [0.2, 0.25) is 5.91 Å². The molecule has 0 aliphatic rings. The van der Waals surface area contributed by atoms with E-state index < -0.39 is 17.8 Å². The largest absolute Gasteiger partial charge is 0.481 e. The molecule has 0 aliphatic heterocycles. The van der Waals surface area contributed by atoms with Gasteiger partial charge < -0.3 is 10.4 Å². The quantitative estimate of drug-likeness (QED) is 0.640. The second kappa shape index (κ2) is 5.24. The molecule has 0 bridgehead atoms. The maximum absolute atomic E-state index is 11.2. The van der Waals surface area contributed by atoms with E-state index in [-0.39, 0.29) is 0 Å². The predicted octanol–water partition coefficient (Wildman–Crippen LogP) is -0.805. The van der Waals surface area contributed by atoms with E-state index in [1.165, 1.54) is 6.92 Å². The van der Waals surface area contributed by atoms with Gasteiger partial charge in [-0.1, -0.05) is 0 Å². The zero-order valence-corrected chi connectivity index (χ0v) is 9.17. The molecule has 2 N–H and O–H groups in total. The number of nitrogens with one attached hydrogen (secondary N) is 1. The van der Waals surface area contributed by atoms with E-state index >= 15 is 0 Å². The highest BCUT2D eigenvalue weighted by Gasteiger charge is 2.19. The number of nitrogens with zero attached hydrogens (tertiary/aromatic N) is 3. The molecule has 1 unspecified atom stereocenters. The van der Waals surface area contributed by atoms with Gasteiger partial charge in [0, 0.05) is 20.0 Å². The van der Waals surface area contributed by atoms with Crippen molar-refractivity contribution < 1.29 is 14.7 Å². The number of carboxylic acid groups (broad SMARTS) is 1. The van der Waals surface area contributed by atoms with Crippen molar-refractivity contribution in [3.63, 3.8) is 0 Å². The number of carbonyl (C=O) groups is 2. The molecule has 0 aliphatic carbocycles. The summed E-state index contributed by atoms with van der Waals surface area (Å²) in [5, 5.41) is 15.1. The molecule has 0 spiro atoms. The van der Waals surface area contributed by atoms with Crippen LogP contribution >= 0.6 is 0 Å². The Morgan fingerprint density at radius 2 is 2.31 bits per heavy atom. The minimum atomic E-state index is -1.13. The molecule has 0 saturated carbocycles. The molecule has 7 nitrogen and oxygen atoms in total. The number of hydrogen-bond donors (Lipinski definition) is 2. The van der Waals surface area contributed by atoms with Gasteiger partial charge in [-0.2, -0.15) is 5.10 Å². The van der Waals surface area contributed by atoms with Crippen LogP contribution in [0.25, 0.3) is 0 Å². The summed E-state index contributed by atoms with van der Waals surface area (Å²) in [7, 11) is 1.75. The molecule has 0 fully saturated rings. The maximum atomic E-state index is 11.2. The fourth-order valence-corrected chi connectivity index (χ4v) is 1.06. The van der Waals surface area contributed by atoms with Crippen LogP contribution < -0.4 is 5.32 Å². The number of carboxylic acids is 1. The number of carbonyl (C=O) groups excluding carboxylic acids is 1. The van der Waals surface area contributed by atoms with Crippen LogP contribution in [-0.2, 0) is 23.1 Å². The van der Waals surface area contributed by atoms with Gasteiger partial charge in [-0.25, -0.2) is 4.98 Å². The van der Waals surface area contributed by atoms with Crippen molar-refractivity contribution in [2.24, 2.45) is 13.0 Å². The second-order valence-electron chi connectivity index (χ2n) is 3.44. The first kappa shape index (κ1) is 12.2. The molecule has 7 heteroatoms. The molecule has 88 valence electrons. The average Bonchev–Trinajstić information content (AvgIpc) is 2.62. The molecule has 0 radical (unpaired) electrons. The van der Waals surface area contributed by atoms with Crippen LogP contribution in [0.5, 0.6) is 0 Å². The Balaban J connectivity index is 2.30. The van der Waals surface area contributed by atoms with E-state index in [1.54, 1.807) is 18.1 Å². The molecule has 0 saturated heterocycles. The standard InChI is InChI=1S/C9H14N4O3/c1-6(9(15)16)8(14)10-4-3-7-11-5-13(2)12-7/h5-6H,3-4H2,1-2H3,(H,10,14)(H,15,16). The van der Waals surface area contributed by atoms with Crippen LogP contribution in [-0.4, -0.2) is 38.3 Å². The molecule has 1 aromatic rings. The van der Waals surface area contributed by atoms with Crippen molar-refractivity contribution in [1.29, 1.82) is 0 Å². The lowest BCUT2D eigenvalue weighted by Crippen LogP contribution is -2.34. The molecule has 16 heavy (non-hydrogen) atoms. The van der Waals surface area contributed by atoms with Crippen molar-refractivity contribution in [2.75, 3.05) is 6.54 Å². The van der Waals surface area contributed by atoms with Crippen LogP contribution in [0.1, 0.15) is 12.7 Å². The van der Waals surface area contributed by atoms with E-state index in [0.29, 0.717) is 18.8 Å². The monoisotopic (exact) mass is 226 g/mol. The Morgan fingerprint density at radius 3 is 2.81 bits per heavy atom. The Bertz CT molecular complexity index is 388. The van der Waals surface area contributed by atoms with Crippen LogP contribution in [0.3, 0.4) is 0 Å². The van der Waals surface area contributed by atoms with Crippen LogP contribution in [0.2, 0.25) is 0 Å². The highest BCUT2D eigenvalue weighted by Crippen LogP contribution is 1.94. The van der Waals surface area contributed by atoms with Gasteiger partial charge in [0.05, 0.1) is 0 Å². The lowest BCUT2D eigenvalue weighted by atomic mass is 10.2. The van der Waals surface area contributed by atoms with E-state index in [4.69, 9.17) is 5.11 Å². The highest BCUT2D eigenvalue weighted by atomic mass is 16.4. The average molecular weight is 226 g/mol. The summed E-state index contributed by atoms with van der Waals surface area (Å²) in [4.78, 5) is 25.7. The lowest BCUT2D eigenvalue weighted by molar-refractivity contribution is -0.146. The van der Waals surface area contributed by atoms with E-state index in [1.807, 2.05) is 0 Å². The molecule has 1 aromatic heterocycles. The number of aliphatic carboxylic acids is 1. The lowest BCUT2D eigenvalue weighted by Gasteiger charge is -2.06. The third-order valence-corrected chi connectivity index (χ3v) is 2.06. The highest BCUT2D eigenvalue weighted by molar-refractivity contribution is 5.96. The first-order valence-corrected chi connectivity index (χ1v) is 4.85. The number of amides is 1. The number of aryl methyl sites for hydroxylation is 1. The minimum Gasteiger partial charge on any atom is -0.481 e. The van der Waals surface area contributed by atoms with Crippen LogP contribution in [0.4, 0.5) is 0 Å². The van der Waals surface area contributed by atoms with E-state index in [0.717, 1.165) is 0 Å². The summed E-state index contributed by atoms with van der Waals surface area (Å²) >= 11 is 0. The van der Waals surface area contributed by atoms with Gasteiger partial charge in [0.25, 0.3) is 0 Å². The predicted molar refractivity (Wildman–Crippen MR) is 54.5 cm³/mol. The van der Waals surface area contributed by atoms with Gasteiger partial charge in [0.15, 0.2) is 5.82 Å². The van der Waals surface area contributed by atoms with Crippen molar-refractivity contribution in [3.05, 3.63) is 12.2 Å². The molecule has 1 heterocycles. The third kappa shape index (κ3) is 3.34. The van der Waals surface area contributed by atoms with E-state index in [9.17, 15) is 9.59 Å². The van der Waals surface area contributed by atoms with Crippen LogP contribution in [0, 0.1) is 5.92 Å². The van der Waals surface area contributed by atoms with Gasteiger partial charge in [-0.3, -0.25) is 14.3 Å². The molecule has 1 atom stereocenters. The second-order valence-corrected chi connectivity index (χ2v) is 3.44. The van der Waals surface area contributed by atoms with Crippen molar-refractivity contribution in [2.45, 2.75) is 13.3 Å². The minimum absolute atomic E-state index is 0.334. The molecule has 1 rings (SSSR count). The number of hydrogen-bond acceptors (Lipinski definition) is 4. The SMILES string of the molecule is CC(C(=O)O)C(=O)NCCc1ncn(C)n1. The normalized spacial score (nSPS) is 12.1. The Labute approximate surface area is 92.5 Å². The van der Waals surface area contributed by atoms with Crippen molar-refractivity contribution >= 4 is 11.9 Å². The zero-order valence-electron chi connectivity index (χ0n) is 9.17. The first-order valence-electron chi connectivity index (χ1n) is 4.85. The van der Waals surface area contributed by atoms with Gasteiger partial charge in [0.1, 0.15) is 12.2 Å². The van der Waals surface area contributed by atoms with Gasteiger partial charge >= 0.3 is 5.97 Å². The van der Waals surface area contributed by atoms with Gasteiger partial charge in [-0.15, -0.1) is 0 Å².